The molecule has 0 bridgehead atoms. The van der Waals surface area contributed by atoms with Crippen LogP contribution in [-0.4, -0.2) is 96.7 Å². The summed E-state index contributed by atoms with van der Waals surface area (Å²) in [6, 6.07) is 14.6. The molecular weight excluding hydrogens is 912 g/mol. The van der Waals surface area contributed by atoms with Gasteiger partial charge in [-0.25, -0.2) is 0 Å². The second-order valence-corrected chi connectivity index (χ2v) is 18.3. The fourth-order valence-electron chi connectivity index (χ4n) is 8.44. The lowest BCUT2D eigenvalue weighted by Crippen LogP contribution is -2.39. The van der Waals surface area contributed by atoms with E-state index >= 15 is 0 Å². The summed E-state index contributed by atoms with van der Waals surface area (Å²) in [6.45, 7) is 9.38. The summed E-state index contributed by atoms with van der Waals surface area (Å²) in [5.74, 6) is 1.88. The number of H-pyrrole nitrogens is 2. The quantitative estimate of drug-likeness (QED) is 0.0571. The minimum Gasteiger partial charge on any atom is -0.493 e. The van der Waals surface area contributed by atoms with Crippen molar-refractivity contribution in [3.05, 3.63) is 106 Å². The predicted molar refractivity (Wildman–Crippen MR) is 263 cm³/mol. The normalized spacial score (nSPS) is 17.5. The maximum Gasteiger partial charge on any atom is 0.255 e. The maximum absolute atomic E-state index is 13.1. The molecule has 358 valence electrons. The molecule has 0 aliphatic carbocycles. The first-order valence-corrected chi connectivity index (χ1v) is 23.2. The third kappa shape index (κ3) is 10.3. The van der Waals surface area contributed by atoms with Crippen molar-refractivity contribution in [1.82, 2.24) is 30.6 Å². The van der Waals surface area contributed by atoms with Crippen LogP contribution in [-0.2, 0) is 22.3 Å². The number of hydrogen-bond donors (Lipinski definition) is 6. The number of benzene rings is 2. The Balaban J connectivity index is 0.000000184. The number of nitrogens with one attached hydrogen (secondary N) is 6. The average Bonchev–Trinajstić information content (AvgIpc) is 4.06. The molecule has 2 amide bonds. The molecule has 3 atom stereocenters. The molecule has 1 fully saturated rings. The van der Waals surface area contributed by atoms with E-state index in [0.717, 1.165) is 47.7 Å². The number of pyridine rings is 2. The summed E-state index contributed by atoms with van der Waals surface area (Å²) in [4.78, 5) is 41.6. The van der Waals surface area contributed by atoms with E-state index in [2.05, 4.69) is 41.2 Å². The molecule has 6 aromatic rings. The summed E-state index contributed by atoms with van der Waals surface area (Å²) in [7, 11) is 4.77. The van der Waals surface area contributed by atoms with Crippen molar-refractivity contribution in [3.63, 3.8) is 0 Å². The number of methoxy groups -OCH3 is 3. The number of halogens is 2. The van der Waals surface area contributed by atoms with Gasteiger partial charge in [0.05, 0.1) is 93.6 Å². The Labute approximate surface area is 405 Å². The Bertz CT molecular complexity index is 2790. The van der Waals surface area contributed by atoms with E-state index in [1.54, 1.807) is 58.2 Å². The van der Waals surface area contributed by atoms with E-state index < -0.39 is 5.60 Å². The molecule has 9 rings (SSSR count). The first-order chi connectivity index (χ1) is 32.8. The van der Waals surface area contributed by atoms with Crippen LogP contribution >= 0.6 is 23.2 Å². The lowest BCUT2D eigenvalue weighted by molar-refractivity contribution is -0.0146. The first-order valence-electron chi connectivity index (χ1n) is 22.4. The van der Waals surface area contributed by atoms with Gasteiger partial charge in [-0.15, -0.1) is 0 Å². The molecule has 0 unspecified atom stereocenters. The molecule has 68 heavy (non-hydrogen) atoms. The highest BCUT2D eigenvalue weighted by molar-refractivity contribution is 6.33. The minimum atomic E-state index is -0.480. The van der Waals surface area contributed by atoms with Gasteiger partial charge >= 0.3 is 0 Å². The van der Waals surface area contributed by atoms with Gasteiger partial charge in [0.1, 0.15) is 24.7 Å². The number of carbonyl (C=O) groups is 2. The Hall–Kier alpha value is -6.46. The topological polar surface area (TPSA) is 195 Å². The van der Waals surface area contributed by atoms with Crippen LogP contribution < -0.4 is 40.2 Å². The fourth-order valence-corrected chi connectivity index (χ4v) is 8.95. The molecule has 0 spiro atoms. The van der Waals surface area contributed by atoms with Crippen LogP contribution in [0.4, 0.5) is 22.7 Å². The highest BCUT2D eigenvalue weighted by Crippen LogP contribution is 2.45. The van der Waals surface area contributed by atoms with Gasteiger partial charge in [0, 0.05) is 73.6 Å². The summed E-state index contributed by atoms with van der Waals surface area (Å²) in [6.07, 6.45) is 10.2. The third-order valence-corrected chi connectivity index (χ3v) is 12.5. The lowest BCUT2D eigenvalue weighted by atomic mass is 10.0. The van der Waals surface area contributed by atoms with Crippen molar-refractivity contribution in [3.8, 4) is 45.5 Å². The number of carbonyl (C=O) groups excluding carboxylic acids is 2. The number of ether oxygens (including phenoxy) is 6. The SMILES string of the molecule is COc1c(Cl)cccc1Nc1c(-c2ccncc2OCC(C)(C)OC)[nH]c2c1C(=O)N[C@H](C)C2.COc1c(Cl)cccc1Nc1c(-c2ccncc2OC[C@@H]2CCCO2)[nH]c2c1C(=O)N[C@H](C)C2. The van der Waals surface area contributed by atoms with E-state index in [4.69, 9.17) is 51.6 Å². The summed E-state index contributed by atoms with van der Waals surface area (Å²) < 4.78 is 34.5. The van der Waals surface area contributed by atoms with Crippen molar-refractivity contribution in [2.75, 3.05) is 51.8 Å². The van der Waals surface area contributed by atoms with Crippen LogP contribution in [0, 0.1) is 0 Å². The van der Waals surface area contributed by atoms with Crippen molar-refractivity contribution in [1.29, 1.82) is 0 Å². The van der Waals surface area contributed by atoms with Crippen molar-refractivity contribution in [2.24, 2.45) is 0 Å². The van der Waals surface area contributed by atoms with Gasteiger partial charge in [0.15, 0.2) is 11.5 Å². The zero-order valence-corrected chi connectivity index (χ0v) is 40.5. The van der Waals surface area contributed by atoms with Gasteiger partial charge in [-0.3, -0.25) is 19.6 Å². The van der Waals surface area contributed by atoms with E-state index in [-0.39, 0.29) is 30.0 Å². The Kier molecular flexibility index (Phi) is 14.7. The van der Waals surface area contributed by atoms with Crippen LogP contribution in [0.3, 0.4) is 0 Å². The number of para-hydroxylation sites is 2. The van der Waals surface area contributed by atoms with E-state index in [1.165, 1.54) is 0 Å². The van der Waals surface area contributed by atoms with Gasteiger partial charge in [0.2, 0.25) is 0 Å². The molecule has 0 radical (unpaired) electrons. The fraction of sp³-hybridized carbons (Fsp3) is 0.360. The second-order valence-electron chi connectivity index (χ2n) is 17.4. The third-order valence-electron chi connectivity index (χ3n) is 11.9. The smallest absolute Gasteiger partial charge is 0.255 e. The average molecular weight is 968 g/mol. The predicted octanol–water partition coefficient (Wildman–Crippen LogP) is 9.68. The van der Waals surface area contributed by atoms with Crippen LogP contribution in [0.5, 0.6) is 23.0 Å². The van der Waals surface area contributed by atoms with Gasteiger partial charge in [-0.2, -0.15) is 0 Å². The maximum atomic E-state index is 13.1. The molecular formula is C50H56Cl2N8O8. The number of nitrogens with zero attached hydrogens (tertiary/aromatic N) is 2. The van der Waals surface area contributed by atoms with Crippen LogP contribution in [0.1, 0.15) is 72.6 Å². The number of anilines is 4. The molecule has 18 heteroatoms. The van der Waals surface area contributed by atoms with Crippen molar-refractivity contribution >= 4 is 57.8 Å². The Morgan fingerprint density at radius 3 is 1.69 bits per heavy atom. The van der Waals surface area contributed by atoms with Gasteiger partial charge in [0.25, 0.3) is 11.8 Å². The minimum absolute atomic E-state index is 0.00992. The molecule has 16 nitrogen and oxygen atoms in total. The van der Waals surface area contributed by atoms with Crippen LogP contribution in [0.2, 0.25) is 10.0 Å². The first kappa shape index (κ1) is 48.0. The summed E-state index contributed by atoms with van der Waals surface area (Å²) >= 11 is 12.7. The molecule has 7 heterocycles. The van der Waals surface area contributed by atoms with Gasteiger partial charge < -0.3 is 59.7 Å². The molecule has 6 N–H and O–H groups in total. The highest BCUT2D eigenvalue weighted by Gasteiger charge is 2.33. The van der Waals surface area contributed by atoms with Crippen LogP contribution in [0.15, 0.2) is 73.3 Å². The number of fused-ring (bicyclic) bond motifs is 2. The number of aromatic nitrogens is 4. The summed E-state index contributed by atoms with van der Waals surface area (Å²) in [5.41, 5.74) is 7.89. The molecule has 3 aliphatic rings. The molecule has 1 saturated heterocycles. The Morgan fingerprint density at radius 1 is 0.735 bits per heavy atom. The Morgan fingerprint density at radius 2 is 1.24 bits per heavy atom. The van der Waals surface area contributed by atoms with E-state index in [1.807, 2.05) is 64.1 Å². The zero-order chi connectivity index (χ0) is 48.1. The van der Waals surface area contributed by atoms with Gasteiger partial charge in [-0.05, 0) is 76.9 Å². The highest BCUT2D eigenvalue weighted by atomic mass is 35.5. The molecule has 4 aromatic heterocycles. The number of aromatic amines is 2. The monoisotopic (exact) mass is 966 g/mol. The van der Waals surface area contributed by atoms with Crippen molar-refractivity contribution < 1.29 is 38.0 Å². The molecule has 3 aliphatic heterocycles. The number of amides is 2. The standard InChI is InChI=1S/C25H27ClN4O4.C25H29ClN4O4/c1-14-11-19-21(25(31)28-14)23(29-18-7-3-6-17(26)24(18)32-2)22(30-19)16-8-9-27-12-20(16)34-13-15-5-4-10-33-15;1-14-11-18-20(24(31)28-14)22(29-17-8-6-7-16(26)23(17)32-4)21(30-18)15-9-10-27-12-19(15)34-13-25(2,3)33-5/h3,6-9,12,14-15,29-30H,4-5,10-11,13H2,1-2H3,(H,28,31);6-10,12,14,29-30H,11,13H2,1-5H3,(H,28,31)/t14-,15+;14-/m11/s1. The van der Waals surface area contributed by atoms with Crippen molar-refractivity contribution in [2.45, 2.75) is 77.2 Å². The van der Waals surface area contributed by atoms with E-state index in [9.17, 15) is 9.59 Å². The molecule has 2 aromatic carbocycles. The second kappa shape index (κ2) is 20.8. The largest absolute Gasteiger partial charge is 0.493 e. The lowest BCUT2D eigenvalue weighted by Gasteiger charge is -2.23. The summed E-state index contributed by atoms with van der Waals surface area (Å²) in [5, 5.41) is 13.8. The van der Waals surface area contributed by atoms with E-state index in [0.29, 0.717) is 98.7 Å². The molecule has 0 saturated carbocycles. The zero-order valence-electron chi connectivity index (χ0n) is 39.0. The number of hydrogen-bond acceptors (Lipinski definition) is 12. The number of rotatable bonds is 15. The van der Waals surface area contributed by atoms with Crippen LogP contribution in [0.25, 0.3) is 22.5 Å². The van der Waals surface area contributed by atoms with Gasteiger partial charge in [-0.1, -0.05) is 35.3 Å².